The Morgan fingerprint density at radius 2 is 2.05 bits per heavy atom. The van der Waals surface area contributed by atoms with E-state index < -0.39 is 17.7 Å². The van der Waals surface area contributed by atoms with E-state index in [1.807, 2.05) is 0 Å². The Labute approximate surface area is 129 Å². The molecule has 0 radical (unpaired) electrons. The maximum Gasteiger partial charge on any atom is 0.243 e. The lowest BCUT2D eigenvalue weighted by atomic mass is 9.92. The van der Waals surface area contributed by atoms with Crippen LogP contribution in [0.25, 0.3) is 10.2 Å². The Morgan fingerprint density at radius 3 is 2.77 bits per heavy atom. The van der Waals surface area contributed by atoms with Gasteiger partial charge < -0.3 is 15.8 Å². The third-order valence-corrected chi connectivity index (χ3v) is 4.67. The van der Waals surface area contributed by atoms with Crippen molar-refractivity contribution in [1.82, 2.24) is 4.98 Å². The van der Waals surface area contributed by atoms with Gasteiger partial charge in [0.2, 0.25) is 5.91 Å². The maximum absolute atomic E-state index is 13.2. The van der Waals surface area contributed by atoms with E-state index in [9.17, 15) is 13.6 Å². The number of hydrogen-bond donors (Lipinski definition) is 2. The number of halogens is 2. The van der Waals surface area contributed by atoms with Crippen LogP contribution < -0.4 is 11.1 Å². The highest BCUT2D eigenvalue weighted by Gasteiger charge is 2.27. The highest BCUT2D eigenvalue weighted by atomic mass is 32.1. The second-order valence-electron chi connectivity index (χ2n) is 5.22. The molecule has 1 unspecified atom stereocenters. The zero-order chi connectivity index (χ0) is 15.7. The van der Waals surface area contributed by atoms with E-state index in [-0.39, 0.29) is 17.0 Å². The third-order valence-electron chi connectivity index (χ3n) is 3.74. The molecule has 1 aliphatic heterocycles. The quantitative estimate of drug-likeness (QED) is 0.906. The minimum absolute atomic E-state index is 0.0676. The lowest BCUT2D eigenvalue weighted by molar-refractivity contribution is -0.119. The summed E-state index contributed by atoms with van der Waals surface area (Å²) < 4.78 is 32.0. The zero-order valence-electron chi connectivity index (χ0n) is 11.6. The van der Waals surface area contributed by atoms with E-state index >= 15 is 0 Å². The molecule has 1 aromatic heterocycles. The summed E-state index contributed by atoms with van der Waals surface area (Å²) in [6, 6.07) is 1.43. The summed E-state index contributed by atoms with van der Waals surface area (Å²) in [7, 11) is 0. The molecule has 0 spiro atoms. The van der Waals surface area contributed by atoms with E-state index in [2.05, 4.69) is 10.3 Å². The highest BCUT2D eigenvalue weighted by Crippen LogP contribution is 2.28. The first-order valence-corrected chi connectivity index (χ1v) is 7.76. The standard InChI is InChI=1S/C14H15F2N3O2S/c15-8-5-10-11(6-9(8)16)22-14(18-10)19-13(20)12(17)7-1-3-21-4-2-7/h5-7,12H,1-4,17H2,(H,18,19,20). The van der Waals surface area contributed by atoms with Crippen molar-refractivity contribution in [3.63, 3.8) is 0 Å². The molecular weight excluding hydrogens is 312 g/mol. The molecule has 2 aromatic rings. The van der Waals surface area contributed by atoms with Gasteiger partial charge in [-0.05, 0) is 24.8 Å². The number of anilines is 1. The molecule has 3 rings (SSSR count). The van der Waals surface area contributed by atoms with Gasteiger partial charge in [0.15, 0.2) is 16.8 Å². The lowest BCUT2D eigenvalue weighted by Gasteiger charge is -2.26. The summed E-state index contributed by atoms with van der Waals surface area (Å²) in [5.74, 6) is -2.17. The minimum Gasteiger partial charge on any atom is -0.381 e. The van der Waals surface area contributed by atoms with Gasteiger partial charge >= 0.3 is 0 Å². The summed E-state index contributed by atoms with van der Waals surface area (Å²) in [5.41, 5.74) is 6.28. The number of fused-ring (bicyclic) bond motifs is 1. The number of nitrogens with one attached hydrogen (secondary N) is 1. The van der Waals surface area contributed by atoms with Gasteiger partial charge in [0.25, 0.3) is 0 Å². The van der Waals surface area contributed by atoms with Crippen LogP contribution in [0.15, 0.2) is 12.1 Å². The molecule has 1 amide bonds. The van der Waals surface area contributed by atoms with Gasteiger partial charge in [-0.15, -0.1) is 0 Å². The van der Waals surface area contributed by atoms with Gasteiger partial charge in [0.05, 0.1) is 16.3 Å². The largest absolute Gasteiger partial charge is 0.381 e. The van der Waals surface area contributed by atoms with E-state index in [1.165, 1.54) is 0 Å². The number of carbonyl (C=O) groups excluding carboxylic acids is 1. The molecule has 1 saturated heterocycles. The van der Waals surface area contributed by atoms with Crippen LogP contribution >= 0.6 is 11.3 Å². The fourth-order valence-electron chi connectivity index (χ4n) is 2.45. The Balaban J connectivity index is 1.73. The van der Waals surface area contributed by atoms with Gasteiger partial charge in [0.1, 0.15) is 0 Å². The van der Waals surface area contributed by atoms with Gasteiger partial charge in [-0.3, -0.25) is 4.79 Å². The predicted molar refractivity (Wildman–Crippen MR) is 79.7 cm³/mol. The monoisotopic (exact) mass is 327 g/mol. The van der Waals surface area contributed by atoms with Crippen LogP contribution in [0.3, 0.4) is 0 Å². The van der Waals surface area contributed by atoms with Crippen LogP contribution in [0, 0.1) is 17.6 Å². The fourth-order valence-corrected chi connectivity index (χ4v) is 3.33. The molecule has 0 aliphatic carbocycles. The van der Waals surface area contributed by atoms with Crippen LogP contribution in [0.2, 0.25) is 0 Å². The molecule has 0 bridgehead atoms. The van der Waals surface area contributed by atoms with Gasteiger partial charge in [-0.1, -0.05) is 11.3 Å². The summed E-state index contributed by atoms with van der Waals surface area (Å²) in [5, 5.41) is 2.91. The number of nitrogens with two attached hydrogens (primary N) is 1. The van der Waals surface area contributed by atoms with Crippen LogP contribution in [-0.2, 0) is 9.53 Å². The Hall–Kier alpha value is -1.64. The highest BCUT2D eigenvalue weighted by molar-refractivity contribution is 7.22. The molecule has 1 fully saturated rings. The third kappa shape index (κ3) is 3.08. The smallest absolute Gasteiger partial charge is 0.243 e. The van der Waals surface area contributed by atoms with Crippen molar-refractivity contribution in [1.29, 1.82) is 0 Å². The number of amides is 1. The SMILES string of the molecule is NC(C(=O)Nc1nc2cc(F)c(F)cc2s1)C1CCOCC1. The Bertz CT molecular complexity index is 662. The first-order chi connectivity index (χ1) is 10.5. The molecule has 0 saturated carbocycles. The molecule has 22 heavy (non-hydrogen) atoms. The van der Waals surface area contributed by atoms with Gasteiger partial charge in [0, 0.05) is 19.3 Å². The van der Waals surface area contributed by atoms with E-state index in [0.717, 1.165) is 36.3 Å². The number of benzene rings is 1. The van der Waals surface area contributed by atoms with Crippen LogP contribution in [0.1, 0.15) is 12.8 Å². The molecular formula is C14H15F2N3O2S. The van der Waals surface area contributed by atoms with Crippen molar-refractivity contribution in [2.24, 2.45) is 11.7 Å². The predicted octanol–water partition coefficient (Wildman–Crippen LogP) is 2.27. The molecule has 8 heteroatoms. The number of ether oxygens (including phenoxy) is 1. The van der Waals surface area contributed by atoms with Crippen molar-refractivity contribution < 1.29 is 18.3 Å². The number of carbonyl (C=O) groups is 1. The Morgan fingerprint density at radius 1 is 1.36 bits per heavy atom. The number of thiazole rings is 1. The van der Waals surface area contributed by atoms with Crippen LogP contribution in [0.5, 0.6) is 0 Å². The number of aromatic nitrogens is 1. The van der Waals surface area contributed by atoms with Crippen molar-refractivity contribution in [2.45, 2.75) is 18.9 Å². The molecule has 2 heterocycles. The first kappa shape index (κ1) is 15.3. The Kier molecular flexibility index (Phi) is 4.32. The fraction of sp³-hybridized carbons (Fsp3) is 0.429. The second kappa shape index (κ2) is 6.23. The van der Waals surface area contributed by atoms with Crippen molar-refractivity contribution >= 4 is 32.6 Å². The summed E-state index contributed by atoms with van der Waals surface area (Å²) in [6.45, 7) is 1.21. The van der Waals surface area contributed by atoms with Crippen molar-refractivity contribution in [2.75, 3.05) is 18.5 Å². The molecule has 5 nitrogen and oxygen atoms in total. The molecule has 118 valence electrons. The average Bonchev–Trinajstić information content (AvgIpc) is 2.89. The molecule has 1 aromatic carbocycles. The van der Waals surface area contributed by atoms with Crippen molar-refractivity contribution in [3.05, 3.63) is 23.8 Å². The maximum atomic E-state index is 13.2. The van der Waals surface area contributed by atoms with Gasteiger partial charge in [-0.2, -0.15) is 0 Å². The van der Waals surface area contributed by atoms with Gasteiger partial charge in [-0.25, -0.2) is 13.8 Å². The normalized spacial score (nSPS) is 17.6. The zero-order valence-corrected chi connectivity index (χ0v) is 12.5. The molecule has 1 aliphatic rings. The number of rotatable bonds is 3. The van der Waals surface area contributed by atoms with E-state index in [4.69, 9.17) is 10.5 Å². The van der Waals surface area contributed by atoms with Crippen LogP contribution in [-0.4, -0.2) is 30.1 Å². The topological polar surface area (TPSA) is 77.2 Å². The summed E-state index contributed by atoms with van der Waals surface area (Å²) in [4.78, 5) is 16.2. The summed E-state index contributed by atoms with van der Waals surface area (Å²) >= 11 is 1.08. The lowest BCUT2D eigenvalue weighted by Crippen LogP contribution is -2.43. The number of nitrogens with zero attached hydrogens (tertiary/aromatic N) is 1. The summed E-state index contributed by atoms with van der Waals surface area (Å²) in [6.07, 6.45) is 1.48. The van der Waals surface area contributed by atoms with Crippen LogP contribution in [0.4, 0.5) is 13.9 Å². The van der Waals surface area contributed by atoms with Crippen molar-refractivity contribution in [3.8, 4) is 0 Å². The number of hydrogen-bond acceptors (Lipinski definition) is 5. The average molecular weight is 327 g/mol. The minimum atomic E-state index is -0.963. The molecule has 3 N–H and O–H groups in total. The van der Waals surface area contributed by atoms with E-state index in [1.54, 1.807) is 0 Å². The first-order valence-electron chi connectivity index (χ1n) is 6.94. The molecule has 1 atom stereocenters. The van der Waals surface area contributed by atoms with E-state index in [0.29, 0.717) is 23.4 Å². The second-order valence-corrected chi connectivity index (χ2v) is 6.25.